The van der Waals surface area contributed by atoms with Gasteiger partial charge in [0.1, 0.15) is 23.9 Å². The first-order chi connectivity index (χ1) is 16.8. The Bertz CT molecular complexity index is 1410. The summed E-state index contributed by atoms with van der Waals surface area (Å²) in [7, 11) is 1.76. The maximum absolute atomic E-state index is 13.7. The lowest BCUT2D eigenvalue weighted by molar-refractivity contribution is -0.139. The minimum Gasteiger partial charge on any atom is -0.473 e. The molecular weight excluding hydrogens is 494 g/mol. The number of alkyl halides is 6. The van der Waals surface area contributed by atoms with Gasteiger partial charge in [-0.3, -0.25) is 4.57 Å². The SMILES string of the molecule is CN1CCn2c1cc(OCc1ccc(Oc3cc(C#N)cc(C(F)(F)F)c3)c(C(F)(F)F)c1)nc2=O. The molecule has 0 saturated carbocycles. The Morgan fingerprint density at radius 3 is 2.44 bits per heavy atom. The maximum Gasteiger partial charge on any atom is 0.419 e. The molecule has 1 aliphatic rings. The normalized spacial score (nSPS) is 13.3. The van der Waals surface area contributed by atoms with Crippen LogP contribution in [0.3, 0.4) is 0 Å². The number of aromatic nitrogens is 2. The number of halogens is 6. The van der Waals surface area contributed by atoms with Crippen molar-refractivity contribution in [3.05, 3.63) is 75.2 Å². The molecule has 0 aliphatic carbocycles. The van der Waals surface area contributed by atoms with E-state index < -0.39 is 46.2 Å². The average molecular weight is 510 g/mol. The van der Waals surface area contributed by atoms with Crippen LogP contribution in [0.4, 0.5) is 32.2 Å². The molecule has 1 aliphatic heterocycles. The summed E-state index contributed by atoms with van der Waals surface area (Å²) in [6, 6.07) is 7.89. The third-order valence-corrected chi connectivity index (χ3v) is 5.34. The summed E-state index contributed by atoms with van der Waals surface area (Å²) in [6.45, 7) is 0.680. The van der Waals surface area contributed by atoms with Crippen LogP contribution in [0.1, 0.15) is 22.3 Å². The monoisotopic (exact) mass is 510 g/mol. The first kappa shape index (κ1) is 24.9. The molecule has 13 heteroatoms. The zero-order chi connectivity index (χ0) is 26.3. The quantitative estimate of drug-likeness (QED) is 0.451. The second-order valence-corrected chi connectivity index (χ2v) is 7.88. The van der Waals surface area contributed by atoms with Crippen molar-refractivity contribution in [3.8, 4) is 23.4 Å². The minimum atomic E-state index is -4.92. The molecule has 36 heavy (non-hydrogen) atoms. The number of anilines is 1. The Morgan fingerprint density at radius 1 is 1.03 bits per heavy atom. The van der Waals surface area contributed by atoms with Gasteiger partial charge in [0.25, 0.3) is 0 Å². The van der Waals surface area contributed by atoms with E-state index in [9.17, 15) is 31.1 Å². The Morgan fingerprint density at radius 2 is 1.78 bits per heavy atom. The van der Waals surface area contributed by atoms with Gasteiger partial charge in [0.15, 0.2) is 0 Å². The molecule has 0 N–H and O–H groups in total. The van der Waals surface area contributed by atoms with Crippen molar-refractivity contribution in [1.82, 2.24) is 9.55 Å². The summed E-state index contributed by atoms with van der Waals surface area (Å²) in [5, 5.41) is 8.98. The molecule has 4 rings (SSSR count). The van der Waals surface area contributed by atoms with Crippen molar-refractivity contribution in [2.45, 2.75) is 25.5 Å². The molecule has 0 saturated heterocycles. The summed E-state index contributed by atoms with van der Waals surface area (Å²) in [6.07, 6.45) is -9.75. The fraction of sp³-hybridized carbons (Fsp3) is 0.261. The van der Waals surface area contributed by atoms with Gasteiger partial charge in [0, 0.05) is 26.2 Å². The molecule has 2 aromatic carbocycles. The highest BCUT2D eigenvalue weighted by Gasteiger charge is 2.36. The number of rotatable bonds is 5. The number of likely N-dealkylation sites (N-methyl/N-ethyl adjacent to an activating group) is 1. The van der Waals surface area contributed by atoms with E-state index in [4.69, 9.17) is 14.7 Å². The van der Waals surface area contributed by atoms with Crippen LogP contribution in [-0.4, -0.2) is 23.1 Å². The van der Waals surface area contributed by atoms with Crippen LogP contribution in [0.15, 0.2) is 47.3 Å². The number of fused-ring (bicyclic) bond motifs is 1. The van der Waals surface area contributed by atoms with Crippen molar-refractivity contribution in [3.63, 3.8) is 0 Å². The molecular formula is C23H16F6N4O3. The molecule has 7 nitrogen and oxygen atoms in total. The maximum atomic E-state index is 13.7. The third-order valence-electron chi connectivity index (χ3n) is 5.34. The van der Waals surface area contributed by atoms with Crippen LogP contribution in [-0.2, 0) is 25.5 Å². The Balaban J connectivity index is 1.61. The summed E-state index contributed by atoms with van der Waals surface area (Å²) in [5.74, 6) is -0.850. The molecule has 0 radical (unpaired) electrons. The van der Waals surface area contributed by atoms with Crippen molar-refractivity contribution in [2.75, 3.05) is 18.5 Å². The summed E-state index contributed by atoms with van der Waals surface area (Å²) < 4.78 is 92.5. The molecule has 0 amide bonds. The van der Waals surface area contributed by atoms with Gasteiger partial charge in [-0.05, 0) is 35.9 Å². The number of hydrogen-bond acceptors (Lipinski definition) is 6. The van der Waals surface area contributed by atoms with Gasteiger partial charge in [0.05, 0.1) is 22.8 Å². The largest absolute Gasteiger partial charge is 0.473 e. The molecule has 1 aromatic heterocycles. The first-order valence-corrected chi connectivity index (χ1v) is 10.3. The number of ether oxygens (including phenoxy) is 2. The molecule has 0 spiro atoms. The van der Waals surface area contributed by atoms with Gasteiger partial charge < -0.3 is 14.4 Å². The van der Waals surface area contributed by atoms with Crippen molar-refractivity contribution >= 4 is 5.82 Å². The van der Waals surface area contributed by atoms with Crippen LogP contribution < -0.4 is 20.1 Å². The molecule has 0 bridgehead atoms. The summed E-state index contributed by atoms with van der Waals surface area (Å²) in [4.78, 5) is 17.7. The molecule has 0 atom stereocenters. The smallest absolute Gasteiger partial charge is 0.419 e. The van der Waals surface area contributed by atoms with E-state index >= 15 is 0 Å². The number of nitriles is 1. The summed E-state index contributed by atoms with van der Waals surface area (Å²) >= 11 is 0. The topological polar surface area (TPSA) is 80.4 Å². The zero-order valence-corrected chi connectivity index (χ0v) is 18.4. The van der Waals surface area contributed by atoms with E-state index in [0.29, 0.717) is 31.0 Å². The highest BCUT2D eigenvalue weighted by Crippen LogP contribution is 2.40. The van der Waals surface area contributed by atoms with Crippen LogP contribution in [0.5, 0.6) is 17.4 Å². The van der Waals surface area contributed by atoms with Gasteiger partial charge in [-0.25, -0.2) is 4.79 Å². The fourth-order valence-electron chi connectivity index (χ4n) is 3.59. The molecule has 2 heterocycles. The molecule has 3 aromatic rings. The van der Waals surface area contributed by atoms with Crippen molar-refractivity contribution < 1.29 is 35.8 Å². The second-order valence-electron chi connectivity index (χ2n) is 7.88. The van der Waals surface area contributed by atoms with E-state index in [1.54, 1.807) is 11.9 Å². The standard InChI is InChI=1S/C23H16F6N4O3/c1-32-4-5-33-20(32)10-19(31-21(33)34)35-12-13-2-3-18(17(8-13)23(27,28)29)36-16-7-14(11-30)6-15(9-16)22(24,25)26/h2-3,6-10H,4-5,12H2,1H3. The lowest BCUT2D eigenvalue weighted by Gasteiger charge is -2.17. The highest BCUT2D eigenvalue weighted by molar-refractivity contribution is 5.47. The van der Waals surface area contributed by atoms with E-state index in [-0.39, 0.29) is 18.1 Å². The molecule has 0 unspecified atom stereocenters. The molecule has 0 fully saturated rings. The van der Waals surface area contributed by atoms with E-state index in [2.05, 4.69) is 4.98 Å². The number of hydrogen-bond donors (Lipinski definition) is 0. The predicted molar refractivity (Wildman–Crippen MR) is 114 cm³/mol. The van der Waals surface area contributed by atoms with E-state index in [0.717, 1.165) is 18.2 Å². The second kappa shape index (κ2) is 9.10. The Labute approximate surface area is 199 Å². The predicted octanol–water partition coefficient (Wildman–Crippen LogP) is 4.97. The minimum absolute atomic E-state index is 0.0483. The summed E-state index contributed by atoms with van der Waals surface area (Å²) in [5.41, 5.74) is -3.43. The van der Waals surface area contributed by atoms with E-state index in [1.165, 1.54) is 22.8 Å². The fourth-order valence-corrected chi connectivity index (χ4v) is 3.59. The number of nitrogens with zero attached hydrogens (tertiary/aromatic N) is 4. The lowest BCUT2D eigenvalue weighted by Crippen LogP contribution is -2.22. The van der Waals surface area contributed by atoms with Crippen molar-refractivity contribution in [1.29, 1.82) is 5.26 Å². The van der Waals surface area contributed by atoms with Crippen molar-refractivity contribution in [2.24, 2.45) is 0 Å². The van der Waals surface area contributed by atoms with E-state index in [1.807, 2.05) is 0 Å². The first-order valence-electron chi connectivity index (χ1n) is 10.3. The average Bonchev–Trinajstić information content (AvgIpc) is 3.18. The van der Waals surface area contributed by atoms with Gasteiger partial charge in [0.2, 0.25) is 5.88 Å². The van der Waals surface area contributed by atoms with Gasteiger partial charge in [-0.2, -0.15) is 36.6 Å². The Kier molecular flexibility index (Phi) is 6.30. The van der Waals surface area contributed by atoms with Crippen LogP contribution in [0.2, 0.25) is 0 Å². The van der Waals surface area contributed by atoms with Gasteiger partial charge in [-0.1, -0.05) is 6.07 Å². The Hall–Kier alpha value is -4.21. The lowest BCUT2D eigenvalue weighted by atomic mass is 10.1. The van der Waals surface area contributed by atoms with Crippen LogP contribution in [0.25, 0.3) is 0 Å². The van der Waals surface area contributed by atoms with Gasteiger partial charge in [-0.15, -0.1) is 0 Å². The van der Waals surface area contributed by atoms with Crippen LogP contribution in [0, 0.1) is 11.3 Å². The van der Waals surface area contributed by atoms with Crippen LogP contribution >= 0.6 is 0 Å². The molecule has 188 valence electrons. The zero-order valence-electron chi connectivity index (χ0n) is 18.4. The third kappa shape index (κ3) is 5.22. The highest BCUT2D eigenvalue weighted by atomic mass is 19.4. The van der Waals surface area contributed by atoms with Gasteiger partial charge >= 0.3 is 18.0 Å². The number of benzene rings is 2.